The quantitative estimate of drug-likeness (QED) is 0.153. The summed E-state index contributed by atoms with van der Waals surface area (Å²) >= 11 is 0. The zero-order valence-corrected chi connectivity index (χ0v) is 32.5. The van der Waals surface area contributed by atoms with Crippen LogP contribution in [0.2, 0.25) is 0 Å². The zero-order chi connectivity index (χ0) is 39.2. The number of aromatic nitrogens is 6. The van der Waals surface area contributed by atoms with Crippen molar-refractivity contribution < 1.29 is 0 Å². The molecule has 282 valence electrons. The summed E-state index contributed by atoms with van der Waals surface area (Å²) in [6, 6.07) is 60.9. The van der Waals surface area contributed by atoms with Gasteiger partial charge < -0.3 is 0 Å². The Morgan fingerprint density at radius 3 is 1.24 bits per heavy atom. The highest BCUT2D eigenvalue weighted by atomic mass is 15.0. The van der Waals surface area contributed by atoms with Crippen LogP contribution in [0.3, 0.4) is 0 Å². The smallest absolute Gasteiger partial charge is 0.164 e. The van der Waals surface area contributed by atoms with Crippen LogP contribution in [0.4, 0.5) is 0 Å². The molecular weight excluding hydrogens is 721 g/mol. The number of fused-ring (bicyclic) bond motifs is 3. The summed E-state index contributed by atoms with van der Waals surface area (Å²) in [5, 5.41) is 2.20. The summed E-state index contributed by atoms with van der Waals surface area (Å²) in [6.07, 6.45) is 6.66. The first-order chi connectivity index (χ1) is 29.1. The SMILES string of the molecule is c1ccc(-c2nc(-c3ccccc3)nc(-c3ccc(-c4cc(-c5nc(-c6ccccc6)nc(-c6ccc(C78CCC(CC7)C8)cc6)n5)c5ccccc5c4)cc3)n2)cc1. The lowest BCUT2D eigenvalue weighted by Gasteiger charge is -2.27. The molecule has 2 aliphatic rings. The van der Waals surface area contributed by atoms with Gasteiger partial charge in [0.15, 0.2) is 34.9 Å². The van der Waals surface area contributed by atoms with Gasteiger partial charge in [0.05, 0.1) is 0 Å². The highest BCUT2D eigenvalue weighted by molar-refractivity contribution is 5.99. The van der Waals surface area contributed by atoms with E-state index in [2.05, 4.69) is 97.1 Å². The summed E-state index contributed by atoms with van der Waals surface area (Å²) in [5.41, 5.74) is 9.65. The number of hydrogen-bond donors (Lipinski definition) is 0. The molecule has 0 spiro atoms. The Morgan fingerprint density at radius 1 is 0.356 bits per heavy atom. The Morgan fingerprint density at radius 2 is 0.763 bits per heavy atom. The van der Waals surface area contributed by atoms with Crippen molar-refractivity contribution in [2.24, 2.45) is 5.92 Å². The third-order valence-electron chi connectivity index (χ3n) is 12.4. The topological polar surface area (TPSA) is 77.3 Å². The first-order valence-electron chi connectivity index (χ1n) is 20.6. The van der Waals surface area contributed by atoms with Crippen LogP contribution in [-0.4, -0.2) is 29.9 Å². The molecule has 6 nitrogen and oxygen atoms in total. The van der Waals surface area contributed by atoms with Crippen LogP contribution in [0.1, 0.15) is 37.7 Å². The summed E-state index contributed by atoms with van der Waals surface area (Å²) < 4.78 is 0. The second-order valence-corrected chi connectivity index (χ2v) is 16.0. The highest BCUT2D eigenvalue weighted by Crippen LogP contribution is 2.55. The Balaban J connectivity index is 0.997. The molecule has 0 amide bonds. The van der Waals surface area contributed by atoms with Crippen molar-refractivity contribution in [3.8, 4) is 79.5 Å². The lowest BCUT2D eigenvalue weighted by molar-refractivity contribution is 0.419. The molecule has 2 bridgehead atoms. The van der Waals surface area contributed by atoms with Crippen molar-refractivity contribution in [3.63, 3.8) is 0 Å². The molecule has 2 saturated carbocycles. The Bertz CT molecular complexity index is 2880. The molecule has 2 aliphatic carbocycles. The van der Waals surface area contributed by atoms with Gasteiger partial charge in [-0.3, -0.25) is 0 Å². The van der Waals surface area contributed by atoms with Gasteiger partial charge in [-0.2, -0.15) is 0 Å². The molecule has 2 heterocycles. The first-order valence-corrected chi connectivity index (χ1v) is 20.6. The Kier molecular flexibility index (Phi) is 8.69. The molecule has 9 aromatic rings. The number of nitrogens with zero attached hydrogens (tertiary/aromatic N) is 6. The normalized spacial score (nSPS) is 17.1. The predicted octanol–water partition coefficient (Wildman–Crippen LogP) is 12.7. The van der Waals surface area contributed by atoms with Crippen molar-refractivity contribution in [2.45, 2.75) is 37.5 Å². The zero-order valence-electron chi connectivity index (χ0n) is 32.5. The van der Waals surface area contributed by atoms with E-state index in [4.69, 9.17) is 29.9 Å². The maximum absolute atomic E-state index is 5.23. The van der Waals surface area contributed by atoms with Crippen molar-refractivity contribution in [1.29, 1.82) is 0 Å². The van der Waals surface area contributed by atoms with E-state index in [-0.39, 0.29) is 0 Å². The van der Waals surface area contributed by atoms with Crippen LogP contribution in [0.5, 0.6) is 0 Å². The van der Waals surface area contributed by atoms with E-state index in [1.807, 2.05) is 78.9 Å². The average molecular weight is 761 g/mol. The lowest BCUT2D eigenvalue weighted by atomic mass is 9.77. The maximum atomic E-state index is 5.23. The van der Waals surface area contributed by atoms with Gasteiger partial charge in [-0.05, 0) is 83.0 Å². The molecule has 0 saturated heterocycles. The van der Waals surface area contributed by atoms with E-state index in [0.717, 1.165) is 61.2 Å². The molecule has 59 heavy (non-hydrogen) atoms. The van der Waals surface area contributed by atoms with E-state index in [0.29, 0.717) is 40.4 Å². The van der Waals surface area contributed by atoms with E-state index in [1.54, 1.807) is 0 Å². The fourth-order valence-electron chi connectivity index (χ4n) is 9.32. The fraction of sp³-hybridized carbons (Fsp3) is 0.132. The van der Waals surface area contributed by atoms with Crippen molar-refractivity contribution in [3.05, 3.63) is 181 Å². The predicted molar refractivity (Wildman–Crippen MR) is 237 cm³/mol. The first kappa shape index (κ1) is 35.0. The molecule has 0 aliphatic heterocycles. The van der Waals surface area contributed by atoms with Crippen LogP contribution in [0, 0.1) is 5.92 Å². The lowest BCUT2D eigenvalue weighted by Crippen LogP contribution is -2.19. The van der Waals surface area contributed by atoms with Crippen LogP contribution >= 0.6 is 0 Å². The summed E-state index contributed by atoms with van der Waals surface area (Å²) in [4.78, 5) is 30.3. The Labute approximate surface area is 343 Å². The second kappa shape index (κ2) is 14.6. The number of rotatable bonds is 8. The summed E-state index contributed by atoms with van der Waals surface area (Å²) in [6.45, 7) is 0. The Hall–Kier alpha value is -7.18. The molecule has 11 rings (SSSR count). The summed E-state index contributed by atoms with van der Waals surface area (Å²) in [7, 11) is 0. The number of benzene rings is 7. The van der Waals surface area contributed by atoms with E-state index in [1.165, 1.54) is 37.7 Å². The fourth-order valence-corrected chi connectivity index (χ4v) is 9.32. The molecular formula is C53H40N6. The van der Waals surface area contributed by atoms with Gasteiger partial charge in [-0.1, -0.05) is 164 Å². The molecule has 0 N–H and O–H groups in total. The van der Waals surface area contributed by atoms with Gasteiger partial charge in [0, 0.05) is 33.4 Å². The largest absolute Gasteiger partial charge is 0.208 e. The van der Waals surface area contributed by atoms with E-state index >= 15 is 0 Å². The van der Waals surface area contributed by atoms with Gasteiger partial charge in [0.2, 0.25) is 0 Å². The molecule has 0 atom stereocenters. The van der Waals surface area contributed by atoms with Crippen molar-refractivity contribution in [1.82, 2.24) is 29.9 Å². The third-order valence-corrected chi connectivity index (χ3v) is 12.4. The molecule has 2 aromatic heterocycles. The van der Waals surface area contributed by atoms with Crippen LogP contribution < -0.4 is 0 Å². The molecule has 6 heteroatoms. The standard InChI is InChI=1S/C53H40N6/c1-4-12-37(13-5-1)47-54-48(38-14-6-2-7-15-38)56-50(55-47)40-22-20-36(21-23-40)43-32-42-18-10-11-19-45(42)46(33-43)52-58-49(39-16-8-3-9-17-39)57-51(59-52)41-24-26-44(27-25-41)53-30-28-35(34-53)29-31-53/h1-27,32-33,35H,28-31,34H2. The van der Waals surface area contributed by atoms with Crippen LogP contribution in [0.15, 0.2) is 176 Å². The van der Waals surface area contributed by atoms with Gasteiger partial charge in [0.25, 0.3) is 0 Å². The van der Waals surface area contributed by atoms with Crippen molar-refractivity contribution in [2.75, 3.05) is 0 Å². The van der Waals surface area contributed by atoms with Crippen molar-refractivity contribution >= 4 is 10.8 Å². The van der Waals surface area contributed by atoms with E-state index < -0.39 is 0 Å². The third kappa shape index (κ3) is 6.66. The van der Waals surface area contributed by atoms with Gasteiger partial charge in [-0.15, -0.1) is 0 Å². The second-order valence-electron chi connectivity index (χ2n) is 16.0. The maximum Gasteiger partial charge on any atom is 0.164 e. The molecule has 0 radical (unpaired) electrons. The minimum absolute atomic E-state index is 0.349. The summed E-state index contributed by atoms with van der Waals surface area (Å²) in [5.74, 6) is 4.78. The highest BCUT2D eigenvalue weighted by Gasteiger charge is 2.45. The molecule has 0 unspecified atom stereocenters. The molecule has 2 fully saturated rings. The van der Waals surface area contributed by atoms with Gasteiger partial charge in [0.1, 0.15) is 0 Å². The van der Waals surface area contributed by atoms with Gasteiger partial charge in [-0.25, -0.2) is 29.9 Å². The van der Waals surface area contributed by atoms with Crippen LogP contribution in [-0.2, 0) is 5.41 Å². The minimum atomic E-state index is 0.349. The monoisotopic (exact) mass is 760 g/mol. The van der Waals surface area contributed by atoms with E-state index in [9.17, 15) is 0 Å². The van der Waals surface area contributed by atoms with Crippen LogP contribution in [0.25, 0.3) is 90.2 Å². The number of hydrogen-bond acceptors (Lipinski definition) is 6. The van der Waals surface area contributed by atoms with Gasteiger partial charge >= 0.3 is 0 Å². The molecule has 7 aromatic carbocycles. The minimum Gasteiger partial charge on any atom is -0.208 e. The average Bonchev–Trinajstić information content (AvgIpc) is 3.95.